The van der Waals surface area contributed by atoms with Crippen LogP contribution in [0.25, 0.3) is 0 Å². The molecule has 5 N–H and O–H groups in total. The lowest BCUT2D eigenvalue weighted by atomic mass is 10.1. The Morgan fingerprint density at radius 1 is 1.53 bits per heavy atom. The first-order chi connectivity index (χ1) is 8.10. The minimum absolute atomic E-state index is 0.0164. The molecule has 92 valence electrons. The first-order valence-corrected chi connectivity index (χ1v) is 4.95. The molecule has 0 bridgehead atoms. The highest BCUT2D eigenvalue weighted by Gasteiger charge is 2.44. The zero-order chi connectivity index (χ0) is 12.6. The SMILES string of the molecule is N#Cc1ncn([C@@H]2O[C@@H](CO)[C@@H](O)[C@H]2O)c1N. The largest absolute Gasteiger partial charge is 0.394 e. The molecule has 2 heterocycles. The molecular formula is C9H12N4O4. The van der Waals surface area contributed by atoms with E-state index in [1.165, 1.54) is 10.9 Å². The Morgan fingerprint density at radius 2 is 2.24 bits per heavy atom. The first-order valence-electron chi connectivity index (χ1n) is 4.95. The van der Waals surface area contributed by atoms with Gasteiger partial charge in [-0.15, -0.1) is 0 Å². The van der Waals surface area contributed by atoms with Crippen LogP contribution in [0.15, 0.2) is 6.33 Å². The molecule has 2 rings (SSSR count). The summed E-state index contributed by atoms with van der Waals surface area (Å²) in [5, 5.41) is 36.9. The number of aliphatic hydroxyl groups excluding tert-OH is 3. The van der Waals surface area contributed by atoms with Crippen molar-refractivity contribution >= 4 is 5.82 Å². The number of aliphatic hydroxyl groups is 3. The molecule has 0 unspecified atom stereocenters. The van der Waals surface area contributed by atoms with Crippen molar-refractivity contribution in [1.82, 2.24) is 9.55 Å². The van der Waals surface area contributed by atoms with Gasteiger partial charge in [-0.25, -0.2) is 4.98 Å². The molecule has 0 saturated carbocycles. The minimum Gasteiger partial charge on any atom is -0.394 e. The fourth-order valence-corrected chi connectivity index (χ4v) is 1.77. The smallest absolute Gasteiger partial charge is 0.182 e. The molecule has 0 radical (unpaired) electrons. The number of imidazole rings is 1. The number of nitrogens with zero attached hydrogens (tertiary/aromatic N) is 3. The van der Waals surface area contributed by atoms with Gasteiger partial charge in [0.2, 0.25) is 0 Å². The number of rotatable bonds is 2. The van der Waals surface area contributed by atoms with E-state index in [-0.39, 0.29) is 11.5 Å². The van der Waals surface area contributed by atoms with E-state index in [0.717, 1.165) is 0 Å². The standard InChI is InChI=1S/C9H12N4O4/c10-1-4-8(11)13(3-12-4)9-7(16)6(15)5(2-14)17-9/h3,5-7,9,14-16H,2,11H2/t5-,6+,7+,9+/m0/s1. The Balaban J connectivity index is 2.29. The lowest BCUT2D eigenvalue weighted by Gasteiger charge is -2.17. The third-order valence-electron chi connectivity index (χ3n) is 2.73. The molecule has 1 aromatic rings. The fraction of sp³-hybridized carbons (Fsp3) is 0.556. The summed E-state index contributed by atoms with van der Waals surface area (Å²) in [6, 6.07) is 1.78. The number of nitrogens with two attached hydrogens (primary N) is 1. The van der Waals surface area contributed by atoms with Crippen LogP contribution >= 0.6 is 0 Å². The van der Waals surface area contributed by atoms with Crippen molar-refractivity contribution in [3.63, 3.8) is 0 Å². The van der Waals surface area contributed by atoms with E-state index in [1.54, 1.807) is 6.07 Å². The second-order valence-corrected chi connectivity index (χ2v) is 3.73. The summed E-state index contributed by atoms with van der Waals surface area (Å²) in [5.41, 5.74) is 5.65. The van der Waals surface area contributed by atoms with Gasteiger partial charge in [0.05, 0.1) is 6.61 Å². The van der Waals surface area contributed by atoms with Crippen LogP contribution in [0.4, 0.5) is 5.82 Å². The van der Waals surface area contributed by atoms with E-state index in [0.29, 0.717) is 0 Å². The number of hydrogen-bond donors (Lipinski definition) is 4. The van der Waals surface area contributed by atoms with Crippen LogP contribution in [-0.2, 0) is 4.74 Å². The molecule has 1 fully saturated rings. The number of aromatic nitrogens is 2. The number of ether oxygens (including phenoxy) is 1. The van der Waals surface area contributed by atoms with Crippen molar-refractivity contribution in [2.75, 3.05) is 12.3 Å². The molecule has 0 aromatic carbocycles. The van der Waals surface area contributed by atoms with Crippen LogP contribution in [0.2, 0.25) is 0 Å². The molecule has 1 aliphatic heterocycles. The maximum atomic E-state index is 9.75. The van der Waals surface area contributed by atoms with E-state index >= 15 is 0 Å². The van der Waals surface area contributed by atoms with Crippen LogP contribution in [0, 0.1) is 11.3 Å². The Morgan fingerprint density at radius 3 is 2.71 bits per heavy atom. The summed E-state index contributed by atoms with van der Waals surface area (Å²) in [6.07, 6.45) is -3.06. The molecule has 0 amide bonds. The Labute approximate surface area is 96.5 Å². The number of anilines is 1. The van der Waals surface area contributed by atoms with Gasteiger partial charge in [0, 0.05) is 0 Å². The van der Waals surface area contributed by atoms with Crippen LogP contribution < -0.4 is 5.73 Å². The fourth-order valence-electron chi connectivity index (χ4n) is 1.77. The monoisotopic (exact) mass is 240 g/mol. The summed E-state index contributed by atoms with van der Waals surface area (Å²) < 4.78 is 6.50. The molecule has 1 aromatic heterocycles. The minimum atomic E-state index is -1.24. The van der Waals surface area contributed by atoms with Crippen molar-refractivity contribution in [2.24, 2.45) is 0 Å². The molecule has 0 spiro atoms. The summed E-state index contributed by atoms with van der Waals surface area (Å²) in [4.78, 5) is 3.73. The molecule has 8 heteroatoms. The van der Waals surface area contributed by atoms with Crippen LogP contribution in [0.1, 0.15) is 11.9 Å². The topological polar surface area (TPSA) is 138 Å². The molecule has 1 saturated heterocycles. The first kappa shape index (κ1) is 11.8. The lowest BCUT2D eigenvalue weighted by molar-refractivity contribution is -0.0518. The Bertz CT molecular complexity index is 454. The van der Waals surface area contributed by atoms with Gasteiger partial charge in [0.15, 0.2) is 11.9 Å². The average molecular weight is 240 g/mol. The van der Waals surface area contributed by atoms with Crippen LogP contribution in [0.5, 0.6) is 0 Å². The predicted octanol–water partition coefficient (Wildman–Crippen LogP) is -2.05. The summed E-state index contributed by atoms with van der Waals surface area (Å²) >= 11 is 0. The quantitative estimate of drug-likeness (QED) is 0.466. The van der Waals surface area contributed by atoms with Crippen molar-refractivity contribution < 1.29 is 20.1 Å². The van der Waals surface area contributed by atoms with Gasteiger partial charge in [-0.05, 0) is 0 Å². The van der Waals surface area contributed by atoms with Crippen molar-refractivity contribution in [3.05, 3.63) is 12.0 Å². The zero-order valence-electron chi connectivity index (χ0n) is 8.76. The van der Waals surface area contributed by atoms with Crippen LogP contribution in [0.3, 0.4) is 0 Å². The van der Waals surface area contributed by atoms with Gasteiger partial charge in [0.25, 0.3) is 0 Å². The van der Waals surface area contributed by atoms with Gasteiger partial charge >= 0.3 is 0 Å². The van der Waals surface area contributed by atoms with Gasteiger partial charge < -0.3 is 25.8 Å². The van der Waals surface area contributed by atoms with Crippen molar-refractivity contribution in [2.45, 2.75) is 24.5 Å². The van der Waals surface area contributed by atoms with E-state index < -0.39 is 31.1 Å². The molecule has 1 aliphatic rings. The molecule has 0 aliphatic carbocycles. The highest BCUT2D eigenvalue weighted by molar-refractivity contribution is 5.44. The van der Waals surface area contributed by atoms with Crippen LogP contribution in [-0.4, -0.2) is 49.8 Å². The summed E-state index contributed by atoms with van der Waals surface area (Å²) in [6.45, 7) is -0.422. The van der Waals surface area contributed by atoms with E-state index in [4.69, 9.17) is 20.8 Å². The van der Waals surface area contributed by atoms with Gasteiger partial charge in [0.1, 0.15) is 36.5 Å². The normalized spacial score (nSPS) is 32.6. The van der Waals surface area contributed by atoms with Crippen molar-refractivity contribution in [1.29, 1.82) is 5.26 Å². The zero-order valence-corrected chi connectivity index (χ0v) is 8.76. The number of hydrogen-bond acceptors (Lipinski definition) is 7. The number of nitriles is 1. The van der Waals surface area contributed by atoms with E-state index in [2.05, 4.69) is 4.98 Å². The number of nitrogen functional groups attached to an aromatic ring is 1. The maximum absolute atomic E-state index is 9.75. The molecular weight excluding hydrogens is 228 g/mol. The highest BCUT2D eigenvalue weighted by Crippen LogP contribution is 2.31. The lowest BCUT2D eigenvalue weighted by Crippen LogP contribution is -2.33. The third-order valence-corrected chi connectivity index (χ3v) is 2.73. The second kappa shape index (κ2) is 4.31. The molecule has 17 heavy (non-hydrogen) atoms. The summed E-state index contributed by atoms with van der Waals surface area (Å²) in [7, 11) is 0. The molecule has 4 atom stereocenters. The highest BCUT2D eigenvalue weighted by atomic mass is 16.6. The van der Waals surface area contributed by atoms with Crippen molar-refractivity contribution in [3.8, 4) is 6.07 Å². The predicted molar refractivity (Wildman–Crippen MR) is 54.4 cm³/mol. The van der Waals surface area contributed by atoms with Gasteiger partial charge in [-0.3, -0.25) is 4.57 Å². The average Bonchev–Trinajstić information content (AvgIpc) is 2.82. The molecule has 8 nitrogen and oxygen atoms in total. The Kier molecular flexibility index (Phi) is 2.99. The van der Waals surface area contributed by atoms with E-state index in [1.807, 2.05) is 0 Å². The maximum Gasteiger partial charge on any atom is 0.182 e. The second-order valence-electron chi connectivity index (χ2n) is 3.73. The Hall–Kier alpha value is -1.66. The third kappa shape index (κ3) is 1.75. The van der Waals surface area contributed by atoms with Gasteiger partial charge in [-0.1, -0.05) is 0 Å². The van der Waals surface area contributed by atoms with E-state index in [9.17, 15) is 10.2 Å². The summed E-state index contributed by atoms with van der Waals surface area (Å²) in [5.74, 6) is 0.0438. The van der Waals surface area contributed by atoms with Gasteiger partial charge in [-0.2, -0.15) is 5.26 Å².